The zero-order valence-electron chi connectivity index (χ0n) is 24.5. The maximum Gasteiger partial charge on any atom is 0.0714 e. The molecule has 0 saturated heterocycles. The molecule has 1 aliphatic carbocycles. The summed E-state index contributed by atoms with van der Waals surface area (Å²) in [7, 11) is 0. The molecule has 0 amide bonds. The largest absolute Gasteiger partial charge is 0.309 e. The normalized spacial score (nSPS) is 13.2. The number of aromatic nitrogens is 1. The van der Waals surface area contributed by atoms with Crippen molar-refractivity contribution in [1.29, 1.82) is 0 Å². The number of halogens is 1. The highest BCUT2D eigenvalue weighted by molar-refractivity contribution is 6.30. The molecule has 0 bridgehead atoms. The minimum absolute atomic E-state index is 0.500. The molecule has 0 spiro atoms. The first-order valence-electron chi connectivity index (χ1n) is 15.4. The predicted molar refractivity (Wildman–Crippen MR) is 189 cm³/mol. The highest BCUT2D eigenvalue weighted by atomic mass is 35.5. The zero-order chi connectivity index (χ0) is 30.0. The minimum Gasteiger partial charge on any atom is -0.309 e. The number of benzene rings is 7. The molecule has 0 aliphatic heterocycles. The molecule has 2 heteroatoms. The van der Waals surface area contributed by atoms with Gasteiger partial charge in [-0.05, 0) is 81.4 Å². The molecule has 0 atom stereocenters. The first-order chi connectivity index (χ1) is 22.2. The molecule has 0 saturated carbocycles. The van der Waals surface area contributed by atoms with Crippen LogP contribution in [0.25, 0.3) is 49.7 Å². The SMILES string of the molecule is Clc1ccc(-c2cc(C3(c4ccccc4)c4ccccc4-c4ccccc43)cc3c4ccccc4n(-c4ccccc4)c23)cc1. The van der Waals surface area contributed by atoms with Gasteiger partial charge < -0.3 is 4.57 Å². The first kappa shape index (κ1) is 26.1. The summed E-state index contributed by atoms with van der Waals surface area (Å²) in [6.07, 6.45) is 0. The smallest absolute Gasteiger partial charge is 0.0714 e. The van der Waals surface area contributed by atoms with E-state index in [0.717, 1.165) is 16.3 Å². The molecule has 0 fully saturated rings. The van der Waals surface area contributed by atoms with E-state index in [-0.39, 0.29) is 0 Å². The molecule has 0 radical (unpaired) electrons. The van der Waals surface area contributed by atoms with Crippen molar-refractivity contribution >= 4 is 33.4 Å². The Morgan fingerprint density at radius 3 is 1.71 bits per heavy atom. The van der Waals surface area contributed by atoms with Gasteiger partial charge in [-0.15, -0.1) is 0 Å². The van der Waals surface area contributed by atoms with Crippen molar-refractivity contribution < 1.29 is 0 Å². The van der Waals surface area contributed by atoms with E-state index in [2.05, 4.69) is 162 Å². The maximum atomic E-state index is 6.45. The van der Waals surface area contributed by atoms with Gasteiger partial charge in [0.2, 0.25) is 0 Å². The van der Waals surface area contributed by atoms with Gasteiger partial charge in [-0.2, -0.15) is 0 Å². The number of fused-ring (bicyclic) bond motifs is 6. The van der Waals surface area contributed by atoms with Gasteiger partial charge in [0.15, 0.2) is 0 Å². The molecule has 1 aliphatic rings. The molecule has 1 heterocycles. The Morgan fingerprint density at radius 2 is 1.02 bits per heavy atom. The number of hydrogen-bond donors (Lipinski definition) is 0. The summed E-state index contributed by atoms with van der Waals surface area (Å²) < 4.78 is 2.42. The Balaban J connectivity index is 1.50. The van der Waals surface area contributed by atoms with Crippen molar-refractivity contribution in [2.45, 2.75) is 5.41 Å². The van der Waals surface area contributed by atoms with E-state index in [9.17, 15) is 0 Å². The Morgan fingerprint density at radius 1 is 0.444 bits per heavy atom. The molecule has 45 heavy (non-hydrogen) atoms. The summed E-state index contributed by atoms with van der Waals surface area (Å²) in [5.41, 5.74) is 13.0. The van der Waals surface area contributed by atoms with E-state index in [1.54, 1.807) is 0 Å². The van der Waals surface area contributed by atoms with E-state index < -0.39 is 5.41 Å². The van der Waals surface area contributed by atoms with Gasteiger partial charge in [0.25, 0.3) is 0 Å². The standard InChI is InChI=1S/C43H28ClN/c44-32-25-23-29(24-26-32)37-27-31(28-38-36-19-9-12-22-41(36)45(42(37)38)33-15-5-2-6-16-33)43(30-13-3-1-4-14-30)39-20-10-7-17-34(39)35-18-8-11-21-40(35)43/h1-28H. The lowest BCUT2D eigenvalue weighted by molar-refractivity contribution is 0.770. The van der Waals surface area contributed by atoms with Crippen molar-refractivity contribution in [3.8, 4) is 27.9 Å². The van der Waals surface area contributed by atoms with Crippen LogP contribution >= 0.6 is 11.6 Å². The summed E-state index contributed by atoms with van der Waals surface area (Å²) in [5, 5.41) is 3.19. The second kappa shape index (κ2) is 10.1. The summed E-state index contributed by atoms with van der Waals surface area (Å²) in [6.45, 7) is 0. The number of hydrogen-bond acceptors (Lipinski definition) is 0. The van der Waals surface area contributed by atoms with Crippen LogP contribution in [0.15, 0.2) is 170 Å². The van der Waals surface area contributed by atoms with Crippen LogP contribution in [0.3, 0.4) is 0 Å². The van der Waals surface area contributed by atoms with Crippen LogP contribution in [-0.4, -0.2) is 4.57 Å². The summed E-state index contributed by atoms with van der Waals surface area (Å²) in [5.74, 6) is 0. The first-order valence-corrected chi connectivity index (χ1v) is 15.8. The molecular weight excluding hydrogens is 566 g/mol. The zero-order valence-corrected chi connectivity index (χ0v) is 25.2. The number of nitrogens with zero attached hydrogens (tertiary/aromatic N) is 1. The average molecular weight is 594 g/mol. The van der Waals surface area contributed by atoms with E-state index in [0.29, 0.717) is 0 Å². The second-order valence-corrected chi connectivity index (χ2v) is 12.3. The van der Waals surface area contributed by atoms with E-state index in [1.807, 2.05) is 12.1 Å². The fourth-order valence-electron chi connectivity index (χ4n) is 7.72. The van der Waals surface area contributed by atoms with E-state index in [1.165, 1.54) is 60.8 Å². The highest BCUT2D eigenvalue weighted by Gasteiger charge is 2.46. The van der Waals surface area contributed by atoms with Gasteiger partial charge in [-0.25, -0.2) is 0 Å². The molecule has 0 N–H and O–H groups in total. The Labute approximate surface area is 267 Å². The lowest BCUT2D eigenvalue weighted by Crippen LogP contribution is -2.28. The highest BCUT2D eigenvalue weighted by Crippen LogP contribution is 2.57. The van der Waals surface area contributed by atoms with Crippen LogP contribution < -0.4 is 0 Å². The minimum atomic E-state index is -0.500. The third kappa shape index (κ3) is 3.75. The van der Waals surface area contributed by atoms with Crippen LogP contribution in [-0.2, 0) is 5.41 Å². The van der Waals surface area contributed by atoms with Crippen molar-refractivity contribution in [3.05, 3.63) is 197 Å². The molecule has 212 valence electrons. The van der Waals surface area contributed by atoms with Crippen molar-refractivity contribution in [2.75, 3.05) is 0 Å². The van der Waals surface area contributed by atoms with Gasteiger partial charge in [0.05, 0.1) is 16.4 Å². The lowest BCUT2D eigenvalue weighted by atomic mass is 9.67. The average Bonchev–Trinajstić information content (AvgIpc) is 3.60. The van der Waals surface area contributed by atoms with Gasteiger partial charge >= 0.3 is 0 Å². The monoisotopic (exact) mass is 593 g/mol. The van der Waals surface area contributed by atoms with Gasteiger partial charge in [0.1, 0.15) is 0 Å². The summed E-state index contributed by atoms with van der Waals surface area (Å²) >= 11 is 6.45. The molecule has 1 nitrogen and oxygen atoms in total. The van der Waals surface area contributed by atoms with Crippen LogP contribution in [0.2, 0.25) is 5.02 Å². The van der Waals surface area contributed by atoms with Crippen molar-refractivity contribution in [1.82, 2.24) is 4.57 Å². The number of para-hydroxylation sites is 2. The molecule has 7 aromatic carbocycles. The van der Waals surface area contributed by atoms with Crippen molar-refractivity contribution in [2.24, 2.45) is 0 Å². The van der Waals surface area contributed by atoms with Gasteiger partial charge in [0, 0.05) is 27.0 Å². The van der Waals surface area contributed by atoms with E-state index >= 15 is 0 Å². The summed E-state index contributed by atoms with van der Waals surface area (Å²) in [6, 6.07) is 61.6. The molecule has 9 rings (SSSR count). The topological polar surface area (TPSA) is 4.93 Å². The lowest BCUT2D eigenvalue weighted by Gasteiger charge is -2.34. The summed E-state index contributed by atoms with van der Waals surface area (Å²) in [4.78, 5) is 0. The number of rotatable bonds is 4. The Bertz CT molecular complexity index is 2320. The molecule has 0 unspecified atom stereocenters. The van der Waals surface area contributed by atoms with E-state index in [4.69, 9.17) is 11.6 Å². The third-order valence-corrected chi connectivity index (χ3v) is 9.78. The maximum absolute atomic E-state index is 6.45. The quantitative estimate of drug-likeness (QED) is 0.191. The molecule has 1 aromatic heterocycles. The molecular formula is C43H28ClN. The van der Waals surface area contributed by atoms with Crippen LogP contribution in [0.1, 0.15) is 22.3 Å². The fraction of sp³-hybridized carbons (Fsp3) is 0.0233. The fourth-order valence-corrected chi connectivity index (χ4v) is 7.85. The van der Waals surface area contributed by atoms with Crippen LogP contribution in [0.4, 0.5) is 0 Å². The van der Waals surface area contributed by atoms with Crippen LogP contribution in [0, 0.1) is 0 Å². The van der Waals surface area contributed by atoms with Crippen molar-refractivity contribution in [3.63, 3.8) is 0 Å². The predicted octanol–water partition coefficient (Wildman–Crippen LogP) is 11.5. The molecule has 8 aromatic rings. The Hall–Kier alpha value is -5.37. The van der Waals surface area contributed by atoms with Crippen LogP contribution in [0.5, 0.6) is 0 Å². The van der Waals surface area contributed by atoms with Gasteiger partial charge in [-0.1, -0.05) is 139 Å². The second-order valence-electron chi connectivity index (χ2n) is 11.8. The van der Waals surface area contributed by atoms with Gasteiger partial charge in [-0.3, -0.25) is 0 Å². The third-order valence-electron chi connectivity index (χ3n) is 9.53. The Kier molecular flexibility index (Phi) is 5.84.